The van der Waals surface area contributed by atoms with Crippen molar-refractivity contribution in [1.29, 1.82) is 0 Å². The van der Waals surface area contributed by atoms with E-state index in [1.807, 2.05) is 20.8 Å². The molecule has 1 amide bonds. The standard InChI is InChI=1S/C21H33NO5/c1-14(18(24)26-20(2,3)4)12-16(22-19(25)27-21(5,6)7)13-15-8-10-17(23)11-9-15/h8-11,14,16,23H,12-13H2,1-7H3,(H,22,25)/t14-,16-/m1/s1. The summed E-state index contributed by atoms with van der Waals surface area (Å²) < 4.78 is 10.8. The van der Waals surface area contributed by atoms with Crippen LogP contribution in [0.1, 0.15) is 60.5 Å². The normalized spacial score (nSPS) is 14.2. The fourth-order valence-corrected chi connectivity index (χ4v) is 2.51. The van der Waals surface area contributed by atoms with Gasteiger partial charge in [0.05, 0.1) is 5.92 Å². The summed E-state index contributed by atoms with van der Waals surface area (Å²) in [6.45, 7) is 12.6. The first-order valence-corrected chi connectivity index (χ1v) is 9.25. The smallest absolute Gasteiger partial charge is 0.407 e. The van der Waals surface area contributed by atoms with Crippen LogP contribution in [0.25, 0.3) is 0 Å². The van der Waals surface area contributed by atoms with E-state index >= 15 is 0 Å². The Morgan fingerprint density at radius 2 is 1.52 bits per heavy atom. The highest BCUT2D eigenvalue weighted by molar-refractivity contribution is 5.73. The molecule has 0 fully saturated rings. The lowest BCUT2D eigenvalue weighted by molar-refractivity contribution is -0.159. The second-order valence-corrected chi connectivity index (χ2v) is 8.88. The van der Waals surface area contributed by atoms with Crippen molar-refractivity contribution in [2.75, 3.05) is 0 Å². The fraction of sp³-hybridized carbons (Fsp3) is 0.619. The maximum absolute atomic E-state index is 12.3. The highest BCUT2D eigenvalue weighted by Crippen LogP contribution is 2.19. The molecule has 152 valence electrons. The molecular weight excluding hydrogens is 346 g/mol. The molecule has 6 nitrogen and oxygen atoms in total. The molecule has 0 aliphatic carbocycles. The van der Waals surface area contributed by atoms with Crippen LogP contribution in [0.3, 0.4) is 0 Å². The van der Waals surface area contributed by atoms with Crippen LogP contribution in [0.2, 0.25) is 0 Å². The van der Waals surface area contributed by atoms with Gasteiger partial charge in [0, 0.05) is 6.04 Å². The lowest BCUT2D eigenvalue weighted by atomic mass is 9.96. The summed E-state index contributed by atoms with van der Waals surface area (Å²) >= 11 is 0. The number of benzene rings is 1. The predicted molar refractivity (Wildman–Crippen MR) is 105 cm³/mol. The summed E-state index contributed by atoms with van der Waals surface area (Å²) in [7, 11) is 0. The minimum atomic E-state index is -0.607. The molecule has 0 saturated heterocycles. The molecular formula is C21H33NO5. The zero-order chi connectivity index (χ0) is 20.8. The topological polar surface area (TPSA) is 84.9 Å². The molecule has 0 unspecified atom stereocenters. The third kappa shape index (κ3) is 9.87. The van der Waals surface area contributed by atoms with Crippen molar-refractivity contribution >= 4 is 12.1 Å². The number of hydrogen-bond acceptors (Lipinski definition) is 5. The first-order valence-electron chi connectivity index (χ1n) is 9.25. The number of esters is 1. The van der Waals surface area contributed by atoms with Gasteiger partial charge in [-0.2, -0.15) is 0 Å². The number of phenols is 1. The number of phenolic OH excluding ortho intramolecular Hbond substituents is 1. The average Bonchev–Trinajstić information content (AvgIpc) is 2.45. The zero-order valence-corrected chi connectivity index (χ0v) is 17.5. The van der Waals surface area contributed by atoms with Gasteiger partial charge in [-0.25, -0.2) is 4.79 Å². The molecule has 0 aliphatic heterocycles. The van der Waals surface area contributed by atoms with E-state index in [9.17, 15) is 14.7 Å². The van der Waals surface area contributed by atoms with E-state index in [0.717, 1.165) is 5.56 Å². The van der Waals surface area contributed by atoms with Gasteiger partial charge in [-0.3, -0.25) is 4.79 Å². The highest BCUT2D eigenvalue weighted by atomic mass is 16.6. The fourth-order valence-electron chi connectivity index (χ4n) is 2.51. The second-order valence-electron chi connectivity index (χ2n) is 8.88. The molecule has 0 saturated carbocycles. The van der Waals surface area contributed by atoms with E-state index in [-0.39, 0.29) is 23.7 Å². The third-order valence-electron chi connectivity index (χ3n) is 3.59. The van der Waals surface area contributed by atoms with Crippen LogP contribution in [0.15, 0.2) is 24.3 Å². The summed E-state index contributed by atoms with van der Waals surface area (Å²) in [6, 6.07) is 6.45. The number of ether oxygens (including phenoxy) is 2. The molecule has 0 aromatic heterocycles. The van der Waals surface area contributed by atoms with E-state index in [0.29, 0.717) is 12.8 Å². The number of nitrogens with one attached hydrogen (secondary N) is 1. The Hall–Kier alpha value is -2.24. The number of aromatic hydroxyl groups is 1. The van der Waals surface area contributed by atoms with Crippen LogP contribution in [-0.4, -0.2) is 34.4 Å². The van der Waals surface area contributed by atoms with Gasteiger partial charge in [0.25, 0.3) is 0 Å². The van der Waals surface area contributed by atoms with Gasteiger partial charge in [-0.15, -0.1) is 0 Å². The number of carbonyl (C=O) groups is 2. The Labute approximate surface area is 162 Å². The molecule has 0 heterocycles. The van der Waals surface area contributed by atoms with E-state index < -0.39 is 17.3 Å². The van der Waals surface area contributed by atoms with Gasteiger partial charge in [0.1, 0.15) is 17.0 Å². The van der Waals surface area contributed by atoms with Gasteiger partial charge in [0.2, 0.25) is 0 Å². The van der Waals surface area contributed by atoms with Crippen LogP contribution >= 0.6 is 0 Å². The number of carbonyl (C=O) groups excluding carboxylic acids is 2. The first kappa shape index (κ1) is 22.8. The lowest BCUT2D eigenvalue weighted by Crippen LogP contribution is -2.42. The molecule has 1 aromatic rings. The van der Waals surface area contributed by atoms with Crippen molar-refractivity contribution in [3.63, 3.8) is 0 Å². The minimum Gasteiger partial charge on any atom is -0.508 e. The maximum atomic E-state index is 12.3. The van der Waals surface area contributed by atoms with Gasteiger partial charge in [-0.05, 0) is 72.1 Å². The molecule has 2 N–H and O–H groups in total. The van der Waals surface area contributed by atoms with Gasteiger partial charge in [0.15, 0.2) is 0 Å². The first-order chi connectivity index (χ1) is 12.2. The van der Waals surface area contributed by atoms with Crippen molar-refractivity contribution in [2.45, 2.75) is 78.6 Å². The summed E-state index contributed by atoms with van der Waals surface area (Å²) in [5, 5.41) is 12.3. The number of rotatable bonds is 6. The summed E-state index contributed by atoms with van der Waals surface area (Å²) in [5.41, 5.74) is -0.231. The maximum Gasteiger partial charge on any atom is 0.407 e. The minimum absolute atomic E-state index is 0.178. The van der Waals surface area contributed by atoms with Gasteiger partial charge >= 0.3 is 12.1 Å². The molecule has 27 heavy (non-hydrogen) atoms. The molecule has 0 bridgehead atoms. The summed E-state index contributed by atoms with van der Waals surface area (Å²) in [5.74, 6) is -0.511. The molecule has 0 spiro atoms. The molecule has 1 aromatic carbocycles. The Kier molecular flexibility index (Phi) is 7.69. The zero-order valence-electron chi connectivity index (χ0n) is 17.5. The summed E-state index contributed by atoms with van der Waals surface area (Å²) in [6.07, 6.45) is 0.393. The largest absolute Gasteiger partial charge is 0.508 e. The van der Waals surface area contributed by atoms with E-state index in [4.69, 9.17) is 9.47 Å². The third-order valence-corrected chi connectivity index (χ3v) is 3.59. The van der Waals surface area contributed by atoms with Crippen LogP contribution in [0.4, 0.5) is 4.79 Å². The highest BCUT2D eigenvalue weighted by Gasteiger charge is 2.26. The van der Waals surface area contributed by atoms with Crippen molar-refractivity contribution in [2.24, 2.45) is 5.92 Å². The molecule has 2 atom stereocenters. The second kappa shape index (κ2) is 9.11. The van der Waals surface area contributed by atoms with Crippen molar-refractivity contribution < 1.29 is 24.2 Å². The Morgan fingerprint density at radius 3 is 2.00 bits per heavy atom. The van der Waals surface area contributed by atoms with Crippen LogP contribution < -0.4 is 5.32 Å². The number of amides is 1. The molecule has 0 aliphatic rings. The van der Waals surface area contributed by atoms with Crippen LogP contribution in [-0.2, 0) is 20.7 Å². The quantitative estimate of drug-likeness (QED) is 0.724. The summed E-state index contributed by atoms with van der Waals surface area (Å²) in [4.78, 5) is 24.5. The van der Waals surface area contributed by atoms with Crippen LogP contribution in [0.5, 0.6) is 5.75 Å². The predicted octanol–water partition coefficient (Wildman–Crippen LogP) is 4.20. The molecule has 6 heteroatoms. The number of alkyl carbamates (subject to hydrolysis) is 1. The van der Waals surface area contributed by atoms with Crippen molar-refractivity contribution in [1.82, 2.24) is 5.32 Å². The monoisotopic (exact) mass is 379 g/mol. The van der Waals surface area contributed by atoms with Crippen molar-refractivity contribution in [3.05, 3.63) is 29.8 Å². The molecule has 0 radical (unpaired) electrons. The average molecular weight is 379 g/mol. The Morgan fingerprint density at radius 1 is 1.00 bits per heavy atom. The van der Waals surface area contributed by atoms with E-state index in [1.165, 1.54) is 0 Å². The van der Waals surface area contributed by atoms with Gasteiger partial charge in [-0.1, -0.05) is 19.1 Å². The van der Waals surface area contributed by atoms with E-state index in [2.05, 4.69) is 5.32 Å². The van der Waals surface area contributed by atoms with Gasteiger partial charge < -0.3 is 19.9 Å². The van der Waals surface area contributed by atoms with Crippen LogP contribution in [0, 0.1) is 5.92 Å². The Bertz CT molecular complexity index is 625. The number of hydrogen-bond donors (Lipinski definition) is 2. The van der Waals surface area contributed by atoms with Crippen molar-refractivity contribution in [3.8, 4) is 5.75 Å². The Balaban J connectivity index is 2.84. The van der Waals surface area contributed by atoms with E-state index in [1.54, 1.807) is 52.0 Å². The lowest BCUT2D eigenvalue weighted by Gasteiger charge is -2.27. The SMILES string of the molecule is C[C@H](C[C@H](Cc1ccc(O)cc1)NC(=O)OC(C)(C)C)C(=O)OC(C)(C)C. The molecule has 1 rings (SSSR count).